The van der Waals surface area contributed by atoms with Crippen molar-refractivity contribution in [1.82, 2.24) is 0 Å². The number of carbonyl (C=O) groups is 4. The summed E-state index contributed by atoms with van der Waals surface area (Å²) in [5.74, 6) is -2.11. The smallest absolute Gasteiger partial charge is 0.462 e. The Morgan fingerprint density at radius 1 is 0.253 bits per heavy atom. The van der Waals surface area contributed by atoms with E-state index in [2.05, 4.69) is 27.7 Å². The van der Waals surface area contributed by atoms with Crippen molar-refractivity contribution in [3.63, 3.8) is 0 Å². The van der Waals surface area contributed by atoms with Crippen molar-refractivity contribution in [2.24, 2.45) is 0 Å². The number of hydrogen-bond acceptors (Lipinski definition) is 15. The Hall–Kier alpha value is -1.94. The fourth-order valence-electron chi connectivity index (χ4n) is 11.8. The number of ether oxygens (including phenoxy) is 4. The van der Waals surface area contributed by atoms with E-state index in [1.165, 1.54) is 238 Å². The summed E-state index contributed by atoms with van der Waals surface area (Å²) in [5, 5.41) is 10.6. The normalized spacial score (nSPS) is 13.9. The summed E-state index contributed by atoms with van der Waals surface area (Å²) in [6.07, 6.45) is 61.0. The van der Waals surface area contributed by atoms with Crippen LogP contribution in [-0.2, 0) is 65.4 Å². The van der Waals surface area contributed by atoms with Crippen LogP contribution in [-0.4, -0.2) is 96.7 Å². The molecule has 0 spiro atoms. The number of unbranched alkanes of at least 4 members (excludes halogenated alkanes) is 51. The van der Waals surface area contributed by atoms with Crippen LogP contribution in [0.3, 0.4) is 0 Å². The van der Waals surface area contributed by atoms with Gasteiger partial charge >= 0.3 is 39.5 Å². The van der Waals surface area contributed by atoms with Gasteiger partial charge in [0.2, 0.25) is 0 Å². The molecule has 0 aromatic rings. The van der Waals surface area contributed by atoms with E-state index in [-0.39, 0.29) is 25.7 Å². The highest BCUT2D eigenvalue weighted by atomic mass is 31.2. The van der Waals surface area contributed by atoms with E-state index in [1.54, 1.807) is 0 Å². The largest absolute Gasteiger partial charge is 0.472 e. The molecule has 0 aromatic heterocycles. The van der Waals surface area contributed by atoms with Gasteiger partial charge in [-0.25, -0.2) is 9.13 Å². The molecule has 0 rings (SSSR count). The summed E-state index contributed by atoms with van der Waals surface area (Å²) in [6.45, 7) is 4.98. The van der Waals surface area contributed by atoms with Gasteiger partial charge in [-0.15, -0.1) is 0 Å². The summed E-state index contributed by atoms with van der Waals surface area (Å²) in [4.78, 5) is 72.8. The molecule has 17 nitrogen and oxygen atoms in total. The number of hydrogen-bond donors (Lipinski definition) is 3. The Balaban J connectivity index is 5.21. The maximum absolute atomic E-state index is 13.1. The van der Waals surface area contributed by atoms with Crippen molar-refractivity contribution in [3.8, 4) is 0 Å². The highest BCUT2D eigenvalue weighted by molar-refractivity contribution is 7.47. The van der Waals surface area contributed by atoms with Crippen molar-refractivity contribution in [2.75, 3.05) is 39.6 Å². The van der Waals surface area contributed by atoms with E-state index in [0.29, 0.717) is 25.7 Å². The predicted molar refractivity (Wildman–Crippen MR) is 386 cm³/mol. The topological polar surface area (TPSA) is 237 Å². The minimum atomic E-state index is -4.96. The molecule has 3 N–H and O–H groups in total. The Morgan fingerprint density at radius 2 is 0.421 bits per heavy atom. The number of esters is 4. The van der Waals surface area contributed by atoms with Crippen LogP contribution in [0.2, 0.25) is 0 Å². The first-order valence-corrected chi connectivity index (χ1v) is 42.8. The molecule has 0 heterocycles. The highest BCUT2D eigenvalue weighted by Crippen LogP contribution is 2.45. The van der Waals surface area contributed by atoms with Gasteiger partial charge in [-0.3, -0.25) is 37.3 Å². The molecule has 0 radical (unpaired) electrons. The van der Waals surface area contributed by atoms with E-state index in [0.717, 1.165) is 89.9 Å². The second kappa shape index (κ2) is 70.5. The maximum atomic E-state index is 13.1. The molecule has 0 aromatic carbocycles. The summed E-state index contributed by atoms with van der Waals surface area (Å²) >= 11 is 0. The molecular weight excluding hydrogens is 1250 g/mol. The minimum absolute atomic E-state index is 0.108. The van der Waals surface area contributed by atoms with E-state index in [9.17, 15) is 43.2 Å². The molecule has 95 heavy (non-hydrogen) atoms. The molecule has 0 aliphatic heterocycles. The zero-order chi connectivity index (χ0) is 69.7. The van der Waals surface area contributed by atoms with Crippen LogP contribution in [0, 0.1) is 0 Å². The van der Waals surface area contributed by atoms with Gasteiger partial charge in [-0.2, -0.15) is 0 Å². The standard InChI is InChI=1S/C76H148O17P2/c1-5-9-13-17-21-25-28-31-34-37-39-42-45-49-53-57-61-74(79)87-67-72(93-76(81)63-59-55-51-47-44-41-38-35-32-29-26-22-18-14-10-6-2)69-91-95(84,85)89-65-70(77)64-88-94(82,83)90-68-71(66-86-73(78)60-56-52-48-24-20-16-12-8-4)92-75(80)62-58-54-50-46-43-40-36-33-30-27-23-19-15-11-7-3/h70-72,77H,5-69H2,1-4H3,(H,82,83)(H,84,85)/t70-,71+,72+/m0/s1. The van der Waals surface area contributed by atoms with Crippen molar-refractivity contribution < 1.29 is 80.2 Å². The minimum Gasteiger partial charge on any atom is -0.462 e. The number of aliphatic hydroxyl groups is 1. The molecule has 0 aliphatic carbocycles. The number of rotatable bonds is 77. The molecule has 2 unspecified atom stereocenters. The van der Waals surface area contributed by atoms with Crippen molar-refractivity contribution in [2.45, 2.75) is 425 Å². The molecular formula is C76H148O17P2. The van der Waals surface area contributed by atoms with E-state index in [4.69, 9.17) is 37.0 Å². The Bertz CT molecular complexity index is 1810. The number of carbonyl (C=O) groups excluding carboxylic acids is 4. The Labute approximate surface area is 581 Å². The first-order chi connectivity index (χ1) is 46.2. The third-order valence-corrected chi connectivity index (χ3v) is 19.8. The second-order valence-electron chi connectivity index (χ2n) is 27.4. The van der Waals surface area contributed by atoms with E-state index in [1.807, 2.05) is 0 Å². The van der Waals surface area contributed by atoms with Crippen molar-refractivity contribution >= 4 is 39.5 Å². The molecule has 5 atom stereocenters. The number of aliphatic hydroxyl groups excluding tert-OH is 1. The van der Waals surface area contributed by atoms with Crippen LogP contribution >= 0.6 is 15.6 Å². The second-order valence-corrected chi connectivity index (χ2v) is 30.3. The summed E-state index contributed by atoms with van der Waals surface area (Å²) in [6, 6.07) is 0. The third-order valence-electron chi connectivity index (χ3n) is 17.9. The lowest BCUT2D eigenvalue weighted by Gasteiger charge is -2.21. The van der Waals surface area contributed by atoms with Gasteiger partial charge in [0.05, 0.1) is 26.4 Å². The predicted octanol–water partition coefficient (Wildman–Crippen LogP) is 22.6. The Morgan fingerprint density at radius 3 is 0.621 bits per heavy atom. The van der Waals surface area contributed by atoms with Gasteiger partial charge in [0.1, 0.15) is 19.3 Å². The van der Waals surface area contributed by atoms with Crippen LogP contribution in [0.5, 0.6) is 0 Å². The van der Waals surface area contributed by atoms with Gasteiger partial charge < -0.3 is 33.8 Å². The van der Waals surface area contributed by atoms with Gasteiger partial charge in [0, 0.05) is 25.7 Å². The molecule has 19 heteroatoms. The van der Waals surface area contributed by atoms with Gasteiger partial charge in [-0.05, 0) is 25.7 Å². The number of phosphoric ester groups is 2. The van der Waals surface area contributed by atoms with Gasteiger partial charge in [0.25, 0.3) is 0 Å². The SMILES string of the molecule is CCCCCCCCCCCCCCCCCCC(=O)OC[C@H](COP(=O)(O)OC[C@@H](O)COP(=O)(O)OC[C@@H](COC(=O)CCCCCCCCCC)OC(=O)CCCCCCCCCCCCCCCCC)OC(=O)CCCCCCCCCCCCCCCCCC. The molecule has 0 bridgehead atoms. The lowest BCUT2D eigenvalue weighted by atomic mass is 10.0. The quantitative estimate of drug-likeness (QED) is 0.0222. The molecule has 0 aliphatic rings. The van der Waals surface area contributed by atoms with Gasteiger partial charge in [0.15, 0.2) is 12.2 Å². The molecule has 0 saturated heterocycles. The zero-order valence-corrected chi connectivity index (χ0v) is 63.4. The lowest BCUT2D eigenvalue weighted by Crippen LogP contribution is -2.30. The summed E-state index contributed by atoms with van der Waals surface area (Å²) < 4.78 is 68.5. The average molecular weight is 1400 g/mol. The van der Waals surface area contributed by atoms with Crippen LogP contribution in [0.4, 0.5) is 0 Å². The zero-order valence-electron chi connectivity index (χ0n) is 61.6. The highest BCUT2D eigenvalue weighted by Gasteiger charge is 2.30. The average Bonchev–Trinajstić information content (AvgIpc) is 2.19. The van der Waals surface area contributed by atoms with Crippen LogP contribution in [0.1, 0.15) is 407 Å². The fraction of sp³-hybridized carbons (Fsp3) is 0.947. The fourth-order valence-corrected chi connectivity index (χ4v) is 13.3. The summed E-state index contributed by atoms with van der Waals surface area (Å²) in [7, 11) is -9.91. The van der Waals surface area contributed by atoms with Crippen LogP contribution in [0.25, 0.3) is 0 Å². The number of phosphoric acid groups is 2. The van der Waals surface area contributed by atoms with E-state index < -0.39 is 97.5 Å². The molecule has 0 saturated carbocycles. The monoisotopic (exact) mass is 1400 g/mol. The third kappa shape index (κ3) is 70.3. The molecule has 0 fully saturated rings. The first kappa shape index (κ1) is 93.1. The maximum Gasteiger partial charge on any atom is 0.472 e. The van der Waals surface area contributed by atoms with Crippen LogP contribution in [0.15, 0.2) is 0 Å². The van der Waals surface area contributed by atoms with Gasteiger partial charge in [-0.1, -0.05) is 355 Å². The lowest BCUT2D eigenvalue weighted by molar-refractivity contribution is -0.161. The van der Waals surface area contributed by atoms with Crippen molar-refractivity contribution in [1.29, 1.82) is 0 Å². The van der Waals surface area contributed by atoms with E-state index >= 15 is 0 Å². The molecule has 0 amide bonds. The first-order valence-electron chi connectivity index (χ1n) is 39.8. The van der Waals surface area contributed by atoms with Crippen molar-refractivity contribution in [3.05, 3.63) is 0 Å². The summed E-state index contributed by atoms with van der Waals surface area (Å²) in [5.41, 5.74) is 0. The molecule has 564 valence electrons. The van der Waals surface area contributed by atoms with Crippen LogP contribution < -0.4 is 0 Å². The Kier molecular flexibility index (Phi) is 69.1.